The number of methoxy groups -OCH3 is 1. The molecule has 0 saturated carbocycles. The molecule has 0 saturated heterocycles. The van der Waals surface area contributed by atoms with Gasteiger partial charge in [0.15, 0.2) is 17.4 Å². The summed E-state index contributed by atoms with van der Waals surface area (Å²) in [6.07, 6.45) is -0.358. The van der Waals surface area contributed by atoms with E-state index in [4.69, 9.17) is 5.11 Å². The van der Waals surface area contributed by atoms with Crippen LogP contribution in [-0.4, -0.2) is 18.8 Å². The molecule has 0 aliphatic carbocycles. The number of hydrogen-bond acceptors (Lipinski definition) is 2. The van der Waals surface area contributed by atoms with Crippen LogP contribution in [0.2, 0.25) is 0 Å². The first kappa shape index (κ1) is 11.8. The quantitative estimate of drug-likeness (QED) is 0.482. The van der Waals surface area contributed by atoms with Gasteiger partial charge in [0.25, 0.3) is 0 Å². The van der Waals surface area contributed by atoms with Gasteiger partial charge in [0.2, 0.25) is 11.6 Å². The molecule has 0 amide bonds. The molecule has 0 radical (unpaired) electrons. The highest BCUT2D eigenvalue weighted by molar-refractivity contribution is 5.38. The Hall–Kier alpha value is -1.30. The number of aliphatic hydroxyl groups is 1. The maximum Gasteiger partial charge on any atom is 0.204 e. The van der Waals surface area contributed by atoms with Gasteiger partial charge in [-0.2, -0.15) is 4.39 Å². The van der Waals surface area contributed by atoms with Gasteiger partial charge in [0, 0.05) is 18.6 Å². The van der Waals surface area contributed by atoms with Crippen LogP contribution in [0, 0.1) is 23.3 Å². The first-order chi connectivity index (χ1) is 7.04. The van der Waals surface area contributed by atoms with Crippen molar-refractivity contribution in [1.82, 2.24) is 0 Å². The zero-order chi connectivity index (χ0) is 11.6. The standard InChI is InChI=1S/C9H8F4O2/c1-15-9-4(2-3-14)5(10)6(11)7(12)8(9)13/h14H,2-3H2,1H3. The van der Waals surface area contributed by atoms with E-state index in [-0.39, 0.29) is 6.42 Å². The molecule has 0 fully saturated rings. The van der Waals surface area contributed by atoms with Crippen molar-refractivity contribution in [1.29, 1.82) is 0 Å². The molecule has 0 heterocycles. The highest BCUT2D eigenvalue weighted by Crippen LogP contribution is 2.30. The molecule has 0 spiro atoms. The number of hydrogen-bond donors (Lipinski definition) is 1. The first-order valence-corrected chi connectivity index (χ1v) is 4.04. The second-order valence-electron chi connectivity index (χ2n) is 2.74. The third kappa shape index (κ3) is 1.90. The Kier molecular flexibility index (Phi) is 3.52. The van der Waals surface area contributed by atoms with Crippen molar-refractivity contribution >= 4 is 0 Å². The summed E-state index contributed by atoms with van der Waals surface area (Å²) in [4.78, 5) is 0. The van der Waals surface area contributed by atoms with Gasteiger partial charge >= 0.3 is 0 Å². The number of aliphatic hydroxyl groups excluding tert-OH is 1. The van der Waals surface area contributed by atoms with Gasteiger partial charge < -0.3 is 9.84 Å². The van der Waals surface area contributed by atoms with Crippen molar-refractivity contribution in [3.05, 3.63) is 28.8 Å². The minimum absolute atomic E-state index is 0.358. The molecule has 6 heteroatoms. The Morgan fingerprint density at radius 3 is 2.00 bits per heavy atom. The fourth-order valence-electron chi connectivity index (χ4n) is 1.20. The molecule has 1 N–H and O–H groups in total. The predicted molar refractivity (Wildman–Crippen MR) is 43.6 cm³/mol. The van der Waals surface area contributed by atoms with Gasteiger partial charge in [-0.3, -0.25) is 0 Å². The molecule has 0 aromatic heterocycles. The van der Waals surface area contributed by atoms with Gasteiger partial charge in [-0.15, -0.1) is 0 Å². The third-order valence-electron chi connectivity index (χ3n) is 1.88. The van der Waals surface area contributed by atoms with E-state index in [1.807, 2.05) is 0 Å². The lowest BCUT2D eigenvalue weighted by molar-refractivity contribution is 0.287. The van der Waals surface area contributed by atoms with Crippen LogP contribution in [0.4, 0.5) is 17.6 Å². The van der Waals surface area contributed by atoms with E-state index in [0.29, 0.717) is 0 Å². The average molecular weight is 224 g/mol. The van der Waals surface area contributed by atoms with Crippen molar-refractivity contribution in [2.24, 2.45) is 0 Å². The van der Waals surface area contributed by atoms with E-state index in [1.54, 1.807) is 0 Å². The zero-order valence-corrected chi connectivity index (χ0v) is 7.78. The molecule has 1 aromatic rings. The molecule has 0 atom stereocenters. The Balaban J connectivity index is 3.47. The van der Waals surface area contributed by atoms with Gasteiger partial charge in [-0.05, 0) is 0 Å². The Bertz CT molecular complexity index is 379. The molecule has 0 unspecified atom stereocenters. The fraction of sp³-hybridized carbons (Fsp3) is 0.333. The van der Waals surface area contributed by atoms with E-state index in [9.17, 15) is 17.6 Å². The summed E-state index contributed by atoms with van der Waals surface area (Å²) in [7, 11) is 0.996. The first-order valence-electron chi connectivity index (χ1n) is 4.04. The summed E-state index contributed by atoms with van der Waals surface area (Å²) >= 11 is 0. The summed E-state index contributed by atoms with van der Waals surface area (Å²) in [5.74, 6) is -7.69. The van der Waals surface area contributed by atoms with E-state index >= 15 is 0 Å². The zero-order valence-electron chi connectivity index (χ0n) is 7.78. The molecule has 0 aliphatic rings. The summed E-state index contributed by atoms with van der Waals surface area (Å²) in [5.41, 5.74) is -0.517. The highest BCUT2D eigenvalue weighted by atomic mass is 19.2. The molecule has 84 valence electrons. The van der Waals surface area contributed by atoms with Crippen LogP contribution in [-0.2, 0) is 6.42 Å². The Morgan fingerprint density at radius 2 is 1.53 bits per heavy atom. The van der Waals surface area contributed by atoms with Crippen LogP contribution in [0.3, 0.4) is 0 Å². The van der Waals surface area contributed by atoms with Gasteiger partial charge in [-0.25, -0.2) is 13.2 Å². The molecule has 0 bridgehead atoms. The van der Waals surface area contributed by atoms with Crippen molar-refractivity contribution in [2.75, 3.05) is 13.7 Å². The highest BCUT2D eigenvalue weighted by Gasteiger charge is 2.25. The van der Waals surface area contributed by atoms with E-state index < -0.39 is 41.2 Å². The SMILES string of the molecule is COc1c(F)c(F)c(F)c(F)c1CCO. The van der Waals surface area contributed by atoms with E-state index in [2.05, 4.69) is 4.74 Å². The monoisotopic (exact) mass is 224 g/mol. The molecule has 1 rings (SSSR count). The van der Waals surface area contributed by atoms with Crippen LogP contribution >= 0.6 is 0 Å². The Morgan fingerprint density at radius 1 is 1.00 bits per heavy atom. The molecule has 1 aromatic carbocycles. The average Bonchev–Trinajstić information content (AvgIpc) is 2.24. The predicted octanol–water partition coefficient (Wildman–Crippen LogP) is 1.79. The van der Waals surface area contributed by atoms with Gasteiger partial charge in [0.05, 0.1) is 7.11 Å². The number of halogens is 4. The molecule has 15 heavy (non-hydrogen) atoms. The summed E-state index contributed by atoms with van der Waals surface area (Å²) in [6.45, 7) is -0.530. The van der Waals surface area contributed by atoms with Crippen LogP contribution in [0.25, 0.3) is 0 Å². The lowest BCUT2D eigenvalue weighted by Crippen LogP contribution is -2.07. The molecule has 2 nitrogen and oxygen atoms in total. The molecular formula is C9H8F4O2. The van der Waals surface area contributed by atoms with Crippen molar-refractivity contribution in [3.8, 4) is 5.75 Å². The van der Waals surface area contributed by atoms with E-state index in [1.165, 1.54) is 0 Å². The van der Waals surface area contributed by atoms with Crippen LogP contribution in [0.5, 0.6) is 5.75 Å². The maximum atomic E-state index is 13.1. The fourth-order valence-corrected chi connectivity index (χ4v) is 1.20. The van der Waals surface area contributed by atoms with Crippen LogP contribution in [0.1, 0.15) is 5.56 Å². The summed E-state index contributed by atoms with van der Waals surface area (Å²) in [6, 6.07) is 0. The van der Waals surface area contributed by atoms with Crippen LogP contribution in [0.15, 0.2) is 0 Å². The largest absolute Gasteiger partial charge is 0.493 e. The summed E-state index contributed by atoms with van der Waals surface area (Å²) in [5, 5.41) is 8.55. The smallest absolute Gasteiger partial charge is 0.204 e. The second-order valence-corrected chi connectivity index (χ2v) is 2.74. The van der Waals surface area contributed by atoms with E-state index in [0.717, 1.165) is 7.11 Å². The van der Waals surface area contributed by atoms with Crippen LogP contribution < -0.4 is 4.74 Å². The van der Waals surface area contributed by atoms with Crippen molar-refractivity contribution in [2.45, 2.75) is 6.42 Å². The number of ether oxygens (including phenoxy) is 1. The third-order valence-corrected chi connectivity index (χ3v) is 1.88. The minimum Gasteiger partial charge on any atom is -0.493 e. The lowest BCUT2D eigenvalue weighted by atomic mass is 10.1. The van der Waals surface area contributed by atoms with Crippen molar-refractivity contribution in [3.63, 3.8) is 0 Å². The number of benzene rings is 1. The Labute approximate surface area is 83.1 Å². The molecular weight excluding hydrogens is 216 g/mol. The van der Waals surface area contributed by atoms with Gasteiger partial charge in [0.1, 0.15) is 0 Å². The number of rotatable bonds is 3. The summed E-state index contributed by atoms with van der Waals surface area (Å²) < 4.78 is 56.0. The van der Waals surface area contributed by atoms with Gasteiger partial charge in [-0.1, -0.05) is 0 Å². The normalized spacial score (nSPS) is 10.5. The van der Waals surface area contributed by atoms with Crippen molar-refractivity contribution < 1.29 is 27.4 Å². The second kappa shape index (κ2) is 4.48. The topological polar surface area (TPSA) is 29.5 Å². The molecule has 0 aliphatic heterocycles. The minimum atomic E-state index is -1.92. The lowest BCUT2D eigenvalue weighted by Gasteiger charge is -2.11. The maximum absolute atomic E-state index is 13.1.